The number of nitrogens with zero attached hydrogens (tertiary/aromatic N) is 2. The molecule has 0 spiro atoms. The van der Waals surface area contributed by atoms with Gasteiger partial charge in [0.2, 0.25) is 0 Å². The number of aromatic nitrogens is 2. The second kappa shape index (κ2) is 8.60. The first-order chi connectivity index (χ1) is 13.9. The van der Waals surface area contributed by atoms with Crippen LogP contribution in [0.2, 0.25) is 0 Å². The number of amides is 1. The van der Waals surface area contributed by atoms with Crippen molar-refractivity contribution in [1.29, 1.82) is 0 Å². The lowest BCUT2D eigenvalue weighted by molar-refractivity contribution is 0.0594. The highest BCUT2D eigenvalue weighted by Crippen LogP contribution is 2.21. The zero-order valence-corrected chi connectivity index (χ0v) is 16.9. The molecular weight excluding hydrogens is 370 g/mol. The molecule has 29 heavy (non-hydrogen) atoms. The smallest absolute Gasteiger partial charge is 0.360 e. The molecule has 3 aromatic rings. The molecule has 7 nitrogen and oxygen atoms in total. The maximum absolute atomic E-state index is 12.7. The van der Waals surface area contributed by atoms with E-state index in [1.807, 2.05) is 38.1 Å². The molecule has 1 heterocycles. The van der Waals surface area contributed by atoms with Crippen LogP contribution >= 0.6 is 0 Å². The van der Waals surface area contributed by atoms with E-state index in [0.717, 1.165) is 22.4 Å². The molecular formula is C22H23N3O4. The monoisotopic (exact) mass is 393 g/mol. The number of carbonyl (C=O) groups is 2. The predicted octanol–water partition coefficient (Wildman–Crippen LogP) is 3.65. The Bertz CT molecular complexity index is 1060. The fourth-order valence-electron chi connectivity index (χ4n) is 2.85. The molecule has 3 rings (SSSR count). The van der Waals surface area contributed by atoms with Crippen molar-refractivity contribution in [2.75, 3.05) is 12.4 Å². The first kappa shape index (κ1) is 20.1. The van der Waals surface area contributed by atoms with Gasteiger partial charge in [-0.15, -0.1) is 0 Å². The van der Waals surface area contributed by atoms with Gasteiger partial charge in [-0.05, 0) is 48.7 Å². The summed E-state index contributed by atoms with van der Waals surface area (Å²) in [6, 6.07) is 13.2. The van der Waals surface area contributed by atoms with Crippen molar-refractivity contribution in [3.63, 3.8) is 0 Å². The molecule has 2 aromatic carbocycles. The lowest BCUT2D eigenvalue weighted by Gasteiger charge is -2.11. The lowest BCUT2D eigenvalue weighted by atomic mass is 10.1. The van der Waals surface area contributed by atoms with E-state index >= 15 is 0 Å². The number of carbonyl (C=O) groups excluding carboxylic acids is 2. The molecule has 0 saturated carbocycles. The van der Waals surface area contributed by atoms with Crippen molar-refractivity contribution in [3.8, 4) is 5.75 Å². The Morgan fingerprint density at radius 3 is 2.69 bits per heavy atom. The third kappa shape index (κ3) is 4.82. The van der Waals surface area contributed by atoms with Crippen LogP contribution in [0.1, 0.15) is 37.5 Å². The number of esters is 1. The van der Waals surface area contributed by atoms with Gasteiger partial charge in [0.05, 0.1) is 12.8 Å². The molecule has 1 amide bonds. The fraction of sp³-hybridized carbons (Fsp3) is 0.227. The second-order valence-electron chi connectivity index (χ2n) is 6.77. The quantitative estimate of drug-likeness (QED) is 0.647. The molecule has 7 heteroatoms. The van der Waals surface area contributed by atoms with Crippen molar-refractivity contribution in [1.82, 2.24) is 9.78 Å². The number of rotatable bonds is 6. The topological polar surface area (TPSA) is 82.5 Å². The first-order valence-corrected chi connectivity index (χ1v) is 9.09. The highest BCUT2D eigenvalue weighted by atomic mass is 16.5. The van der Waals surface area contributed by atoms with Crippen LogP contribution in [0.5, 0.6) is 5.75 Å². The maximum atomic E-state index is 12.7. The maximum Gasteiger partial charge on any atom is 0.360 e. The summed E-state index contributed by atoms with van der Waals surface area (Å²) in [6.45, 7) is 4.34. The summed E-state index contributed by atoms with van der Waals surface area (Å²) in [4.78, 5) is 24.5. The molecule has 0 unspecified atom stereocenters. The summed E-state index contributed by atoms with van der Waals surface area (Å²) < 4.78 is 12.1. The minimum absolute atomic E-state index is 0.0535. The Morgan fingerprint density at radius 2 is 1.93 bits per heavy atom. The molecule has 0 aliphatic heterocycles. The van der Waals surface area contributed by atoms with Gasteiger partial charge in [-0.25, -0.2) is 4.79 Å². The van der Waals surface area contributed by atoms with Crippen molar-refractivity contribution in [3.05, 3.63) is 76.6 Å². The first-order valence-electron chi connectivity index (χ1n) is 9.09. The number of hydrogen-bond donors (Lipinski definition) is 1. The van der Waals surface area contributed by atoms with E-state index in [1.54, 1.807) is 31.4 Å². The fourth-order valence-corrected chi connectivity index (χ4v) is 2.85. The van der Waals surface area contributed by atoms with Crippen LogP contribution in [-0.2, 0) is 18.4 Å². The molecule has 1 aromatic heterocycles. The van der Waals surface area contributed by atoms with E-state index < -0.39 is 5.97 Å². The van der Waals surface area contributed by atoms with Gasteiger partial charge < -0.3 is 14.8 Å². The molecule has 0 atom stereocenters. The Hall–Kier alpha value is -3.61. The summed E-state index contributed by atoms with van der Waals surface area (Å²) in [5.74, 6) is -0.147. The van der Waals surface area contributed by atoms with Gasteiger partial charge in [0.25, 0.3) is 5.91 Å². The lowest BCUT2D eigenvalue weighted by Crippen LogP contribution is -2.15. The van der Waals surface area contributed by atoms with Crippen LogP contribution in [0.3, 0.4) is 0 Å². The number of methoxy groups -OCH3 is 1. The standard InChI is InChI=1S/C22H23N3O4/c1-14-8-9-15(2)19(10-14)29-13-16-6-5-7-17(11-16)21(26)23-18-12-25(3)24-20(18)22(27)28-4/h5-12H,13H2,1-4H3,(H,23,26). The van der Waals surface area contributed by atoms with Crippen molar-refractivity contribution in [2.45, 2.75) is 20.5 Å². The van der Waals surface area contributed by atoms with Crippen LogP contribution in [0, 0.1) is 13.8 Å². The number of benzene rings is 2. The Balaban J connectivity index is 1.73. The van der Waals surface area contributed by atoms with Gasteiger partial charge >= 0.3 is 5.97 Å². The van der Waals surface area contributed by atoms with Crippen LogP contribution < -0.4 is 10.1 Å². The largest absolute Gasteiger partial charge is 0.489 e. The van der Waals surface area contributed by atoms with Crippen molar-refractivity contribution in [2.24, 2.45) is 7.05 Å². The minimum Gasteiger partial charge on any atom is -0.489 e. The van der Waals surface area contributed by atoms with Crippen LogP contribution in [0.15, 0.2) is 48.7 Å². The number of nitrogens with one attached hydrogen (secondary N) is 1. The van der Waals surface area contributed by atoms with Crippen LogP contribution in [-0.4, -0.2) is 28.8 Å². The van der Waals surface area contributed by atoms with Gasteiger partial charge in [0, 0.05) is 18.8 Å². The van der Waals surface area contributed by atoms with Crippen molar-refractivity contribution < 1.29 is 19.1 Å². The summed E-state index contributed by atoms with van der Waals surface area (Å²) >= 11 is 0. The molecule has 0 aliphatic carbocycles. The molecule has 0 bridgehead atoms. The normalized spacial score (nSPS) is 10.5. The Morgan fingerprint density at radius 1 is 1.14 bits per heavy atom. The van der Waals surface area contributed by atoms with Gasteiger partial charge in [0.15, 0.2) is 5.69 Å². The van der Waals surface area contributed by atoms with E-state index in [0.29, 0.717) is 17.9 Å². The highest BCUT2D eigenvalue weighted by molar-refractivity contribution is 6.07. The number of ether oxygens (including phenoxy) is 2. The Kier molecular flexibility index (Phi) is 5.97. The van der Waals surface area contributed by atoms with E-state index in [-0.39, 0.29) is 11.6 Å². The van der Waals surface area contributed by atoms with E-state index in [2.05, 4.69) is 10.4 Å². The number of anilines is 1. The van der Waals surface area contributed by atoms with Gasteiger partial charge in [-0.3, -0.25) is 9.48 Å². The minimum atomic E-state index is -0.614. The number of hydrogen-bond acceptors (Lipinski definition) is 5. The molecule has 0 fully saturated rings. The third-order valence-corrected chi connectivity index (χ3v) is 4.38. The van der Waals surface area contributed by atoms with Crippen LogP contribution in [0.4, 0.5) is 5.69 Å². The average molecular weight is 393 g/mol. The summed E-state index contributed by atoms with van der Waals surface area (Å²) in [5.41, 5.74) is 3.83. The zero-order chi connectivity index (χ0) is 21.0. The zero-order valence-electron chi connectivity index (χ0n) is 16.9. The van der Waals surface area contributed by atoms with Crippen molar-refractivity contribution >= 4 is 17.6 Å². The predicted molar refractivity (Wildman–Crippen MR) is 109 cm³/mol. The van der Waals surface area contributed by atoms with Gasteiger partial charge in [-0.2, -0.15) is 5.10 Å². The van der Waals surface area contributed by atoms with Crippen LogP contribution in [0.25, 0.3) is 0 Å². The molecule has 0 radical (unpaired) electrons. The molecule has 0 aliphatic rings. The summed E-state index contributed by atoms with van der Waals surface area (Å²) in [6.07, 6.45) is 1.55. The SMILES string of the molecule is COC(=O)c1nn(C)cc1NC(=O)c1cccc(COc2cc(C)ccc2C)c1. The van der Waals surface area contributed by atoms with E-state index in [9.17, 15) is 9.59 Å². The van der Waals surface area contributed by atoms with Gasteiger partial charge in [-0.1, -0.05) is 24.3 Å². The third-order valence-electron chi connectivity index (χ3n) is 4.38. The van der Waals surface area contributed by atoms with Gasteiger partial charge in [0.1, 0.15) is 12.4 Å². The molecule has 0 saturated heterocycles. The highest BCUT2D eigenvalue weighted by Gasteiger charge is 2.19. The number of aryl methyl sites for hydroxylation is 3. The van der Waals surface area contributed by atoms with E-state index in [4.69, 9.17) is 9.47 Å². The average Bonchev–Trinajstić information content (AvgIpc) is 3.08. The van der Waals surface area contributed by atoms with E-state index in [1.165, 1.54) is 11.8 Å². The molecule has 150 valence electrons. The summed E-state index contributed by atoms with van der Waals surface area (Å²) in [5, 5.41) is 6.75. The Labute approximate surface area is 169 Å². The second-order valence-corrected chi connectivity index (χ2v) is 6.77. The molecule has 1 N–H and O–H groups in total. The summed E-state index contributed by atoms with van der Waals surface area (Å²) in [7, 11) is 2.93.